The van der Waals surface area contributed by atoms with E-state index in [0.29, 0.717) is 32.8 Å². The summed E-state index contributed by atoms with van der Waals surface area (Å²) in [5.74, 6) is 6.41. The van der Waals surface area contributed by atoms with E-state index >= 15 is 0 Å². The summed E-state index contributed by atoms with van der Waals surface area (Å²) in [5.41, 5.74) is 4.51. The summed E-state index contributed by atoms with van der Waals surface area (Å²) in [6, 6.07) is 28.7. The van der Waals surface area contributed by atoms with Gasteiger partial charge < -0.3 is 18.9 Å². The Labute approximate surface area is 191 Å². The second-order valence-corrected chi connectivity index (χ2v) is 7.26. The van der Waals surface area contributed by atoms with Gasteiger partial charge in [0.05, 0.1) is 32.5 Å². The minimum absolute atomic E-state index is 0.153. The summed E-state index contributed by atoms with van der Waals surface area (Å²) in [7, 11) is 1.61. The highest BCUT2D eigenvalue weighted by molar-refractivity contribution is 5.64. The predicted molar refractivity (Wildman–Crippen MR) is 127 cm³/mol. The van der Waals surface area contributed by atoms with Gasteiger partial charge in [0.25, 0.3) is 0 Å². The van der Waals surface area contributed by atoms with E-state index in [1.165, 1.54) is 11.1 Å². The molecular weight excluding hydrogens is 400 g/mol. The molecule has 0 aromatic heterocycles. The van der Waals surface area contributed by atoms with Gasteiger partial charge in [-0.2, -0.15) is 0 Å². The molecule has 0 fully saturated rings. The molecule has 166 valence electrons. The number of rotatable bonds is 12. The Bertz CT molecular complexity index is 943. The molecule has 0 radical (unpaired) electrons. The van der Waals surface area contributed by atoms with Crippen LogP contribution < -0.4 is 0 Å². The van der Waals surface area contributed by atoms with Gasteiger partial charge in [0.2, 0.25) is 0 Å². The lowest BCUT2D eigenvalue weighted by atomic mass is 10.0. The first-order valence-electron chi connectivity index (χ1n) is 10.8. The fourth-order valence-corrected chi connectivity index (χ4v) is 3.07. The largest absolute Gasteiger partial charge is 0.376 e. The van der Waals surface area contributed by atoms with Crippen LogP contribution in [0.3, 0.4) is 0 Å². The minimum atomic E-state index is -0.153. The van der Waals surface area contributed by atoms with E-state index in [9.17, 15) is 0 Å². The molecule has 0 aliphatic heterocycles. The van der Waals surface area contributed by atoms with Gasteiger partial charge in [-0.05, 0) is 28.8 Å². The highest BCUT2D eigenvalue weighted by Crippen LogP contribution is 2.18. The number of hydrogen-bond acceptors (Lipinski definition) is 4. The first kappa shape index (κ1) is 23.7. The fourth-order valence-electron chi connectivity index (χ4n) is 3.07. The molecule has 4 heteroatoms. The van der Waals surface area contributed by atoms with Crippen molar-refractivity contribution in [2.45, 2.75) is 19.1 Å². The van der Waals surface area contributed by atoms with E-state index in [0.717, 1.165) is 11.1 Å². The summed E-state index contributed by atoms with van der Waals surface area (Å²) in [6.07, 6.45) is 0.412. The first-order valence-corrected chi connectivity index (χ1v) is 10.8. The molecule has 0 heterocycles. The van der Waals surface area contributed by atoms with E-state index in [2.05, 4.69) is 36.1 Å². The van der Waals surface area contributed by atoms with Crippen LogP contribution in [0.4, 0.5) is 0 Å². The second kappa shape index (κ2) is 14.2. The topological polar surface area (TPSA) is 36.9 Å². The molecule has 3 rings (SSSR count). The van der Waals surface area contributed by atoms with Gasteiger partial charge in [-0.25, -0.2) is 0 Å². The monoisotopic (exact) mass is 430 g/mol. The second-order valence-electron chi connectivity index (χ2n) is 7.26. The minimum Gasteiger partial charge on any atom is -0.376 e. The van der Waals surface area contributed by atoms with E-state index in [4.69, 9.17) is 18.9 Å². The molecule has 0 aliphatic rings. The molecule has 0 spiro atoms. The molecule has 0 saturated heterocycles. The van der Waals surface area contributed by atoms with Gasteiger partial charge in [-0.15, -0.1) is 0 Å². The zero-order chi connectivity index (χ0) is 22.3. The lowest BCUT2D eigenvalue weighted by Gasteiger charge is -2.15. The maximum atomic E-state index is 5.72. The van der Waals surface area contributed by atoms with Crippen LogP contribution in [0.25, 0.3) is 11.1 Å². The summed E-state index contributed by atoms with van der Waals surface area (Å²) < 4.78 is 22.1. The predicted octanol–water partition coefficient (Wildman–Crippen LogP) is 5.32. The third kappa shape index (κ3) is 8.66. The van der Waals surface area contributed by atoms with Gasteiger partial charge in [-0.3, -0.25) is 0 Å². The van der Waals surface area contributed by atoms with Crippen molar-refractivity contribution in [1.82, 2.24) is 0 Å². The van der Waals surface area contributed by atoms with Gasteiger partial charge in [0.15, 0.2) is 0 Å². The molecule has 3 aromatic rings. The Hall–Kier alpha value is -2.94. The Morgan fingerprint density at radius 3 is 2.12 bits per heavy atom. The zero-order valence-corrected chi connectivity index (χ0v) is 18.5. The average Bonchev–Trinajstić information content (AvgIpc) is 2.86. The van der Waals surface area contributed by atoms with Crippen molar-refractivity contribution in [3.05, 3.63) is 96.1 Å². The average molecular weight is 431 g/mol. The van der Waals surface area contributed by atoms with Crippen LogP contribution in [-0.2, 0) is 25.6 Å². The maximum absolute atomic E-state index is 5.72. The molecule has 3 aromatic carbocycles. The summed E-state index contributed by atoms with van der Waals surface area (Å²) >= 11 is 0. The van der Waals surface area contributed by atoms with Crippen LogP contribution in [0, 0.1) is 11.8 Å². The van der Waals surface area contributed by atoms with Crippen LogP contribution >= 0.6 is 0 Å². The van der Waals surface area contributed by atoms with Crippen LogP contribution in [-0.4, -0.2) is 39.8 Å². The lowest BCUT2D eigenvalue weighted by molar-refractivity contribution is -0.0983. The number of methoxy groups -OCH3 is 1. The highest BCUT2D eigenvalue weighted by Gasteiger charge is 2.08. The molecule has 0 bridgehead atoms. The van der Waals surface area contributed by atoms with E-state index in [1.54, 1.807) is 7.11 Å². The normalized spacial score (nSPS) is 11.5. The molecular formula is C28H30O4. The Morgan fingerprint density at radius 2 is 1.41 bits per heavy atom. The summed E-state index contributed by atoms with van der Waals surface area (Å²) in [4.78, 5) is 0. The molecule has 32 heavy (non-hydrogen) atoms. The molecule has 0 amide bonds. The van der Waals surface area contributed by atoms with Crippen LogP contribution in [0.1, 0.15) is 17.5 Å². The van der Waals surface area contributed by atoms with E-state index in [-0.39, 0.29) is 12.9 Å². The fraction of sp³-hybridized carbons (Fsp3) is 0.286. The first-order chi connectivity index (χ1) is 15.8. The van der Waals surface area contributed by atoms with Crippen molar-refractivity contribution in [1.29, 1.82) is 0 Å². The Balaban J connectivity index is 1.40. The van der Waals surface area contributed by atoms with Crippen LogP contribution in [0.2, 0.25) is 0 Å². The van der Waals surface area contributed by atoms with Gasteiger partial charge in [-0.1, -0.05) is 84.6 Å². The SMILES string of the molecule is COCO[C@@H](CC#Cc1ccc(-c2ccccc2)cc1)COCCOCc1ccccc1. The molecule has 0 N–H and O–H groups in total. The quantitative estimate of drug-likeness (QED) is 0.221. The van der Waals surface area contributed by atoms with Gasteiger partial charge >= 0.3 is 0 Å². The van der Waals surface area contributed by atoms with Crippen LogP contribution in [0.5, 0.6) is 0 Å². The van der Waals surface area contributed by atoms with Crippen molar-refractivity contribution in [2.75, 3.05) is 33.7 Å². The highest BCUT2D eigenvalue weighted by atomic mass is 16.7. The standard InChI is InChI=1S/C28H30O4/c1-29-23-32-28(22-31-20-19-30-21-25-9-4-2-5-10-25)14-8-11-24-15-17-27(18-16-24)26-12-6-3-7-13-26/h2-7,9-10,12-13,15-18,28H,14,19-23H2,1H3/t28-/m0/s1. The van der Waals surface area contributed by atoms with Crippen molar-refractivity contribution in [3.63, 3.8) is 0 Å². The Morgan fingerprint density at radius 1 is 0.750 bits per heavy atom. The Kier molecular flexibility index (Phi) is 10.5. The molecule has 1 atom stereocenters. The van der Waals surface area contributed by atoms with Crippen molar-refractivity contribution in [3.8, 4) is 23.0 Å². The molecule has 0 unspecified atom stereocenters. The third-order valence-electron chi connectivity index (χ3n) is 4.76. The van der Waals surface area contributed by atoms with Crippen molar-refractivity contribution < 1.29 is 18.9 Å². The summed E-state index contributed by atoms with van der Waals surface area (Å²) in [6.45, 7) is 2.29. The smallest absolute Gasteiger partial charge is 0.146 e. The number of hydrogen-bond donors (Lipinski definition) is 0. The summed E-state index contributed by atoms with van der Waals surface area (Å²) in [5, 5.41) is 0. The lowest BCUT2D eigenvalue weighted by Crippen LogP contribution is -2.22. The zero-order valence-electron chi connectivity index (χ0n) is 18.5. The molecule has 0 saturated carbocycles. The van der Waals surface area contributed by atoms with Gasteiger partial charge in [0, 0.05) is 19.1 Å². The third-order valence-corrected chi connectivity index (χ3v) is 4.76. The van der Waals surface area contributed by atoms with E-state index < -0.39 is 0 Å². The molecule has 4 nitrogen and oxygen atoms in total. The number of benzene rings is 3. The van der Waals surface area contributed by atoms with E-state index in [1.807, 2.05) is 60.7 Å². The van der Waals surface area contributed by atoms with Gasteiger partial charge in [0.1, 0.15) is 6.79 Å². The number of ether oxygens (including phenoxy) is 4. The maximum Gasteiger partial charge on any atom is 0.146 e. The van der Waals surface area contributed by atoms with Crippen molar-refractivity contribution >= 4 is 0 Å². The molecule has 0 aliphatic carbocycles. The van der Waals surface area contributed by atoms with Crippen LogP contribution in [0.15, 0.2) is 84.9 Å². The van der Waals surface area contributed by atoms with Crippen molar-refractivity contribution in [2.24, 2.45) is 0 Å².